The molecular weight excluding hydrogens is 642 g/mol. The molecule has 9 nitrogen and oxygen atoms in total. The van der Waals surface area contributed by atoms with Gasteiger partial charge in [-0.05, 0) is 97.6 Å². The lowest BCUT2D eigenvalue weighted by Gasteiger charge is -2.13. The molecule has 0 unspecified atom stereocenters. The van der Waals surface area contributed by atoms with Crippen LogP contribution in [0.1, 0.15) is 16.7 Å². The van der Waals surface area contributed by atoms with Gasteiger partial charge in [-0.25, -0.2) is 0 Å². The summed E-state index contributed by atoms with van der Waals surface area (Å²) in [4.78, 5) is 49.4. The molecule has 3 aromatic carbocycles. The first kappa shape index (κ1) is 27.6. The van der Waals surface area contributed by atoms with Crippen LogP contribution in [0.3, 0.4) is 0 Å². The molecule has 3 aromatic rings. The minimum atomic E-state index is -0.514. The van der Waals surface area contributed by atoms with Crippen molar-refractivity contribution in [1.29, 1.82) is 0 Å². The number of amides is 3. The number of carbonyl (C=O) groups is 3. The molecule has 0 aliphatic carbocycles. The maximum absolute atomic E-state index is 12.9. The molecule has 1 aliphatic heterocycles. The number of nitro benzene ring substituents is 1. The Labute approximate surface area is 238 Å². The van der Waals surface area contributed by atoms with Crippen molar-refractivity contribution in [2.45, 2.75) is 13.5 Å². The Hall–Kier alpha value is -3.48. The molecule has 1 heterocycles. The molecule has 38 heavy (non-hydrogen) atoms. The summed E-state index contributed by atoms with van der Waals surface area (Å²) in [5.41, 5.74) is 2.85. The number of thioether (sulfide) groups is 1. The number of rotatable bonds is 8. The number of hydrogen-bond acceptors (Lipinski definition) is 7. The van der Waals surface area contributed by atoms with Crippen molar-refractivity contribution >= 4 is 78.1 Å². The van der Waals surface area contributed by atoms with Gasteiger partial charge in [-0.1, -0.05) is 24.3 Å². The van der Waals surface area contributed by atoms with E-state index in [1.165, 1.54) is 24.3 Å². The molecular formula is C26H19Br2N3O6S. The number of anilines is 1. The Morgan fingerprint density at radius 2 is 1.79 bits per heavy atom. The molecule has 1 aliphatic rings. The van der Waals surface area contributed by atoms with Gasteiger partial charge in [0.1, 0.15) is 5.75 Å². The van der Waals surface area contributed by atoms with Crippen LogP contribution in [-0.2, 0) is 16.1 Å². The van der Waals surface area contributed by atoms with Crippen LogP contribution in [0.25, 0.3) is 6.08 Å². The summed E-state index contributed by atoms with van der Waals surface area (Å²) in [6.45, 7) is 1.72. The van der Waals surface area contributed by atoms with Gasteiger partial charge in [0.05, 0.1) is 25.3 Å². The number of nitro groups is 1. The SMILES string of the molecule is Cc1cccc(NC(=O)COc2c(Br)cc(/C=C3\SC(=O)N(Cc4ccc([N+](=O)[O-])cc4)C3=O)cc2Br)c1. The van der Waals surface area contributed by atoms with Crippen LogP contribution in [-0.4, -0.2) is 33.5 Å². The van der Waals surface area contributed by atoms with Crippen LogP contribution in [0.5, 0.6) is 5.75 Å². The second-order valence-corrected chi connectivity index (χ2v) is 10.9. The monoisotopic (exact) mass is 659 g/mol. The molecule has 0 spiro atoms. The van der Waals surface area contributed by atoms with Crippen molar-refractivity contribution in [1.82, 2.24) is 4.90 Å². The van der Waals surface area contributed by atoms with Crippen LogP contribution in [0.2, 0.25) is 0 Å². The van der Waals surface area contributed by atoms with Gasteiger partial charge in [-0.2, -0.15) is 0 Å². The van der Waals surface area contributed by atoms with E-state index in [2.05, 4.69) is 37.2 Å². The molecule has 1 saturated heterocycles. The Balaban J connectivity index is 1.42. The van der Waals surface area contributed by atoms with Gasteiger partial charge in [-0.15, -0.1) is 0 Å². The zero-order valence-corrected chi connectivity index (χ0v) is 23.8. The summed E-state index contributed by atoms with van der Waals surface area (Å²) in [7, 11) is 0. The van der Waals surface area contributed by atoms with Gasteiger partial charge >= 0.3 is 0 Å². The number of aryl methyl sites for hydroxylation is 1. The molecule has 3 amide bonds. The highest BCUT2D eigenvalue weighted by Gasteiger charge is 2.35. The predicted octanol–water partition coefficient (Wildman–Crippen LogP) is 6.68. The van der Waals surface area contributed by atoms with Gasteiger partial charge in [0.15, 0.2) is 6.61 Å². The lowest BCUT2D eigenvalue weighted by atomic mass is 10.2. The van der Waals surface area contributed by atoms with Gasteiger partial charge in [0.2, 0.25) is 0 Å². The molecule has 0 saturated carbocycles. The van der Waals surface area contributed by atoms with E-state index in [0.717, 1.165) is 22.2 Å². The molecule has 0 radical (unpaired) electrons. The van der Waals surface area contributed by atoms with E-state index < -0.39 is 16.1 Å². The van der Waals surface area contributed by atoms with Crippen molar-refractivity contribution in [2.24, 2.45) is 0 Å². The average Bonchev–Trinajstić information content (AvgIpc) is 3.11. The first-order valence-electron chi connectivity index (χ1n) is 11.1. The summed E-state index contributed by atoms with van der Waals surface area (Å²) in [6.07, 6.45) is 1.59. The molecule has 0 bridgehead atoms. The molecule has 4 rings (SSSR count). The van der Waals surface area contributed by atoms with Gasteiger partial charge < -0.3 is 10.1 Å². The highest BCUT2D eigenvalue weighted by atomic mass is 79.9. The lowest BCUT2D eigenvalue weighted by molar-refractivity contribution is -0.384. The minimum absolute atomic E-state index is 0.00474. The fourth-order valence-electron chi connectivity index (χ4n) is 3.55. The minimum Gasteiger partial charge on any atom is -0.481 e. The topological polar surface area (TPSA) is 119 Å². The number of hydrogen-bond donors (Lipinski definition) is 1. The number of halogens is 2. The largest absolute Gasteiger partial charge is 0.481 e. The molecule has 1 fully saturated rings. The fraction of sp³-hybridized carbons (Fsp3) is 0.115. The molecule has 12 heteroatoms. The number of carbonyl (C=O) groups excluding carboxylic acids is 3. The zero-order chi connectivity index (χ0) is 27.4. The van der Waals surface area contributed by atoms with Crippen LogP contribution < -0.4 is 10.1 Å². The van der Waals surface area contributed by atoms with Crippen LogP contribution in [0.15, 0.2) is 74.5 Å². The molecule has 0 atom stereocenters. The van der Waals surface area contributed by atoms with E-state index in [-0.39, 0.29) is 29.7 Å². The first-order valence-corrected chi connectivity index (χ1v) is 13.5. The van der Waals surface area contributed by atoms with Crippen LogP contribution in [0, 0.1) is 17.0 Å². The van der Waals surface area contributed by atoms with Crippen molar-refractivity contribution in [3.63, 3.8) is 0 Å². The normalized spacial score (nSPS) is 14.2. The van der Waals surface area contributed by atoms with Crippen molar-refractivity contribution in [3.8, 4) is 5.75 Å². The molecule has 1 N–H and O–H groups in total. The summed E-state index contributed by atoms with van der Waals surface area (Å²) >= 11 is 7.69. The van der Waals surface area contributed by atoms with Crippen molar-refractivity contribution in [2.75, 3.05) is 11.9 Å². The maximum atomic E-state index is 12.9. The van der Waals surface area contributed by atoms with Gasteiger partial charge in [0.25, 0.3) is 22.7 Å². The third kappa shape index (κ3) is 6.69. The van der Waals surface area contributed by atoms with Crippen molar-refractivity contribution in [3.05, 3.63) is 101 Å². The summed E-state index contributed by atoms with van der Waals surface area (Å²) < 4.78 is 6.79. The van der Waals surface area contributed by atoms with E-state index in [9.17, 15) is 24.5 Å². The smallest absolute Gasteiger partial charge is 0.293 e. The van der Waals surface area contributed by atoms with E-state index in [0.29, 0.717) is 31.5 Å². The maximum Gasteiger partial charge on any atom is 0.293 e. The summed E-state index contributed by atoms with van der Waals surface area (Å²) in [5, 5.41) is 13.2. The number of imide groups is 1. The third-order valence-electron chi connectivity index (χ3n) is 5.33. The Kier molecular flexibility index (Phi) is 8.65. The lowest BCUT2D eigenvalue weighted by Crippen LogP contribution is -2.27. The fourth-order valence-corrected chi connectivity index (χ4v) is 5.84. The third-order valence-corrected chi connectivity index (χ3v) is 7.41. The second-order valence-electron chi connectivity index (χ2n) is 8.21. The number of nitrogens with zero attached hydrogens (tertiary/aromatic N) is 2. The van der Waals surface area contributed by atoms with Crippen LogP contribution >= 0.6 is 43.6 Å². The van der Waals surface area contributed by atoms with Gasteiger partial charge in [-0.3, -0.25) is 29.4 Å². The molecule has 194 valence electrons. The number of ether oxygens (including phenoxy) is 1. The van der Waals surface area contributed by atoms with Crippen molar-refractivity contribution < 1.29 is 24.0 Å². The Morgan fingerprint density at radius 3 is 2.42 bits per heavy atom. The second kappa shape index (κ2) is 11.9. The Bertz CT molecular complexity index is 1450. The number of non-ortho nitro benzene ring substituents is 1. The quantitative estimate of drug-likeness (QED) is 0.163. The van der Waals surface area contributed by atoms with E-state index in [1.807, 2.05) is 25.1 Å². The standard InChI is InChI=1S/C26H19Br2N3O6S/c1-15-3-2-4-18(9-15)29-23(32)14-37-24-20(27)10-17(11-21(24)28)12-22-25(33)30(26(34)38-22)13-16-5-7-19(8-6-16)31(35)36/h2-12H,13-14H2,1H3,(H,29,32)/b22-12-. The molecule has 0 aromatic heterocycles. The summed E-state index contributed by atoms with van der Waals surface area (Å²) in [6, 6.07) is 16.5. The van der Waals surface area contributed by atoms with E-state index >= 15 is 0 Å². The average molecular weight is 661 g/mol. The van der Waals surface area contributed by atoms with E-state index in [1.54, 1.807) is 24.3 Å². The Morgan fingerprint density at radius 1 is 1.11 bits per heavy atom. The highest BCUT2D eigenvalue weighted by molar-refractivity contribution is 9.11. The van der Waals surface area contributed by atoms with E-state index in [4.69, 9.17) is 4.74 Å². The number of benzene rings is 3. The zero-order valence-electron chi connectivity index (χ0n) is 19.8. The summed E-state index contributed by atoms with van der Waals surface area (Å²) in [5.74, 6) is -0.369. The highest BCUT2D eigenvalue weighted by Crippen LogP contribution is 2.38. The predicted molar refractivity (Wildman–Crippen MR) is 152 cm³/mol. The first-order chi connectivity index (χ1) is 18.1. The van der Waals surface area contributed by atoms with Gasteiger partial charge in [0, 0.05) is 17.8 Å². The van der Waals surface area contributed by atoms with Crippen LogP contribution in [0.4, 0.5) is 16.2 Å². The number of nitrogens with one attached hydrogen (secondary N) is 1.